The van der Waals surface area contributed by atoms with E-state index in [4.69, 9.17) is 0 Å². The molecule has 0 unspecified atom stereocenters. The molecule has 0 amide bonds. The molecule has 0 nitrogen and oxygen atoms in total. The van der Waals surface area contributed by atoms with Crippen LogP contribution in [-0.4, -0.2) is 0 Å². The third-order valence-electron chi connectivity index (χ3n) is 5.17. The second-order valence-corrected chi connectivity index (χ2v) is 8.97. The fourth-order valence-corrected chi connectivity index (χ4v) is 4.23. The number of benzene rings is 1. The first kappa shape index (κ1) is 19.9. The summed E-state index contributed by atoms with van der Waals surface area (Å²) < 4.78 is 1.28. The standard InChI is InChI=1S/C26H27I/c1-4-21(14-13-20-10-9-12-24(27)18-20)23-16-15-22-11-7-5-6-8-17-26(2,3)25(22)19-23/h4-9,12-16,18-19H,1,10-11,17H2,2-3H3/b7-5-,8-6-,20-13+,21-14+. The lowest BCUT2D eigenvalue weighted by Crippen LogP contribution is -2.18. The molecule has 0 fully saturated rings. The van der Waals surface area contributed by atoms with E-state index in [0.29, 0.717) is 0 Å². The SMILES string of the molecule is C=C/C(=C\C=C1\C=C(I)C=CC1)c1ccc2c(c1)C(C)(C)C/C=C\C=C/C2. The van der Waals surface area contributed by atoms with Crippen molar-refractivity contribution in [2.24, 2.45) is 0 Å². The normalized spacial score (nSPS) is 22.9. The molecule has 1 aromatic carbocycles. The second kappa shape index (κ2) is 8.88. The molecule has 0 heterocycles. The summed E-state index contributed by atoms with van der Waals surface area (Å²) in [5, 5.41) is 0. The van der Waals surface area contributed by atoms with Gasteiger partial charge in [0.15, 0.2) is 0 Å². The van der Waals surface area contributed by atoms with Crippen LogP contribution in [-0.2, 0) is 11.8 Å². The Morgan fingerprint density at radius 3 is 2.70 bits per heavy atom. The molecule has 0 radical (unpaired) electrons. The van der Waals surface area contributed by atoms with Gasteiger partial charge in [0.2, 0.25) is 0 Å². The maximum atomic E-state index is 4.06. The van der Waals surface area contributed by atoms with Crippen LogP contribution < -0.4 is 0 Å². The van der Waals surface area contributed by atoms with Crippen molar-refractivity contribution in [1.29, 1.82) is 0 Å². The molecule has 1 aromatic rings. The number of allylic oxidation sites excluding steroid dienone is 13. The van der Waals surface area contributed by atoms with Gasteiger partial charge in [-0.25, -0.2) is 0 Å². The minimum atomic E-state index is 0.117. The summed E-state index contributed by atoms with van der Waals surface area (Å²) in [6.45, 7) is 8.74. The highest BCUT2D eigenvalue weighted by molar-refractivity contribution is 14.1. The predicted octanol–water partition coefficient (Wildman–Crippen LogP) is 7.80. The van der Waals surface area contributed by atoms with E-state index in [9.17, 15) is 0 Å². The maximum absolute atomic E-state index is 4.06. The first-order valence-electron chi connectivity index (χ1n) is 9.52. The number of halogens is 1. The Labute approximate surface area is 177 Å². The number of hydrogen-bond acceptors (Lipinski definition) is 0. The molecule has 138 valence electrons. The van der Waals surface area contributed by atoms with Crippen molar-refractivity contribution in [1.82, 2.24) is 0 Å². The molecule has 0 N–H and O–H groups in total. The Bertz CT molecular complexity index is 898. The van der Waals surface area contributed by atoms with Crippen LogP contribution >= 0.6 is 22.6 Å². The first-order chi connectivity index (χ1) is 13.0. The van der Waals surface area contributed by atoms with Crippen molar-refractivity contribution in [3.8, 4) is 0 Å². The van der Waals surface area contributed by atoms with Gasteiger partial charge < -0.3 is 0 Å². The van der Waals surface area contributed by atoms with E-state index < -0.39 is 0 Å². The van der Waals surface area contributed by atoms with E-state index in [1.54, 1.807) is 0 Å². The lowest BCUT2D eigenvalue weighted by atomic mass is 9.77. The van der Waals surface area contributed by atoms with Crippen LogP contribution in [0, 0.1) is 0 Å². The minimum absolute atomic E-state index is 0.117. The zero-order valence-corrected chi connectivity index (χ0v) is 18.4. The number of hydrogen-bond donors (Lipinski definition) is 0. The lowest BCUT2D eigenvalue weighted by molar-refractivity contribution is 0.530. The van der Waals surface area contributed by atoms with Gasteiger partial charge in [-0.3, -0.25) is 0 Å². The highest BCUT2D eigenvalue weighted by Crippen LogP contribution is 2.34. The van der Waals surface area contributed by atoms with Crippen LogP contribution in [0.5, 0.6) is 0 Å². The Morgan fingerprint density at radius 2 is 1.93 bits per heavy atom. The Kier molecular flexibility index (Phi) is 6.54. The van der Waals surface area contributed by atoms with Gasteiger partial charge in [0.25, 0.3) is 0 Å². The fraction of sp³-hybridized carbons (Fsp3) is 0.231. The Hall–Kier alpha value is -1.87. The molecule has 2 aliphatic carbocycles. The molecule has 0 aromatic heterocycles. The van der Waals surface area contributed by atoms with Crippen LogP contribution in [0.15, 0.2) is 94.7 Å². The zero-order valence-electron chi connectivity index (χ0n) is 16.2. The highest BCUT2D eigenvalue weighted by atomic mass is 127. The van der Waals surface area contributed by atoms with Crippen molar-refractivity contribution in [3.05, 3.63) is 111 Å². The molecular weight excluding hydrogens is 439 g/mol. The molecule has 2 aliphatic rings. The Morgan fingerprint density at radius 1 is 1.11 bits per heavy atom. The van der Waals surface area contributed by atoms with Gasteiger partial charge in [-0.05, 0) is 81.2 Å². The number of fused-ring (bicyclic) bond motifs is 1. The van der Waals surface area contributed by atoms with E-state index in [-0.39, 0.29) is 5.41 Å². The average Bonchev–Trinajstić information content (AvgIpc) is 2.72. The molecule has 3 rings (SSSR count). The van der Waals surface area contributed by atoms with Gasteiger partial charge in [0.05, 0.1) is 0 Å². The van der Waals surface area contributed by atoms with Crippen molar-refractivity contribution in [3.63, 3.8) is 0 Å². The second-order valence-electron chi connectivity index (χ2n) is 7.72. The molecular formula is C26H27I. The summed E-state index contributed by atoms with van der Waals surface area (Å²) in [5.41, 5.74) is 6.72. The van der Waals surface area contributed by atoms with Gasteiger partial charge in [0.1, 0.15) is 0 Å². The zero-order chi connectivity index (χ0) is 19.3. The summed E-state index contributed by atoms with van der Waals surface area (Å²) in [7, 11) is 0. The third-order valence-corrected chi connectivity index (χ3v) is 5.84. The summed E-state index contributed by atoms with van der Waals surface area (Å²) >= 11 is 2.37. The monoisotopic (exact) mass is 466 g/mol. The first-order valence-corrected chi connectivity index (χ1v) is 10.6. The minimum Gasteiger partial charge on any atom is -0.0984 e. The van der Waals surface area contributed by atoms with Gasteiger partial charge in [0, 0.05) is 3.58 Å². The van der Waals surface area contributed by atoms with Crippen LogP contribution in [0.1, 0.15) is 43.4 Å². The molecule has 0 saturated heterocycles. The third kappa shape index (κ3) is 5.10. The van der Waals surface area contributed by atoms with Gasteiger partial charge >= 0.3 is 0 Å². The Balaban J connectivity index is 1.99. The van der Waals surface area contributed by atoms with Crippen LogP contribution in [0.25, 0.3) is 5.57 Å². The molecule has 0 atom stereocenters. The molecule has 0 saturated carbocycles. The highest BCUT2D eigenvalue weighted by Gasteiger charge is 2.23. The predicted molar refractivity (Wildman–Crippen MR) is 128 cm³/mol. The maximum Gasteiger partial charge on any atom is 0.0130 e. The topological polar surface area (TPSA) is 0 Å². The van der Waals surface area contributed by atoms with Crippen molar-refractivity contribution in [2.45, 2.75) is 38.5 Å². The summed E-state index contributed by atoms with van der Waals surface area (Å²) in [6, 6.07) is 6.90. The smallest absolute Gasteiger partial charge is 0.0130 e. The van der Waals surface area contributed by atoms with E-state index in [0.717, 1.165) is 19.3 Å². The molecule has 0 spiro atoms. The molecule has 0 bridgehead atoms. The van der Waals surface area contributed by atoms with E-state index in [1.165, 1.54) is 31.4 Å². The molecule has 0 aliphatic heterocycles. The van der Waals surface area contributed by atoms with Gasteiger partial charge in [-0.1, -0.05) is 93.3 Å². The quantitative estimate of drug-likeness (QED) is 0.315. The van der Waals surface area contributed by atoms with Crippen molar-refractivity contribution in [2.75, 3.05) is 0 Å². The largest absolute Gasteiger partial charge is 0.0984 e. The summed E-state index contributed by atoms with van der Waals surface area (Å²) in [6.07, 6.45) is 24.9. The van der Waals surface area contributed by atoms with Crippen LogP contribution in [0.2, 0.25) is 0 Å². The average molecular weight is 466 g/mol. The van der Waals surface area contributed by atoms with Crippen molar-refractivity contribution < 1.29 is 0 Å². The number of rotatable bonds is 3. The van der Waals surface area contributed by atoms with Crippen LogP contribution in [0.3, 0.4) is 0 Å². The van der Waals surface area contributed by atoms with Crippen LogP contribution in [0.4, 0.5) is 0 Å². The van der Waals surface area contributed by atoms with Gasteiger partial charge in [-0.2, -0.15) is 0 Å². The molecule has 1 heteroatoms. The fourth-order valence-electron chi connectivity index (χ4n) is 3.58. The lowest BCUT2D eigenvalue weighted by Gasteiger charge is -2.27. The summed E-state index contributed by atoms with van der Waals surface area (Å²) in [4.78, 5) is 0. The van der Waals surface area contributed by atoms with E-state index in [1.807, 2.05) is 6.08 Å². The van der Waals surface area contributed by atoms with E-state index >= 15 is 0 Å². The van der Waals surface area contributed by atoms with Gasteiger partial charge in [-0.15, -0.1) is 0 Å². The molecule has 27 heavy (non-hydrogen) atoms. The van der Waals surface area contributed by atoms with E-state index in [2.05, 4.69) is 116 Å². The summed E-state index contributed by atoms with van der Waals surface area (Å²) in [5.74, 6) is 0. The van der Waals surface area contributed by atoms with Crippen molar-refractivity contribution >= 4 is 28.2 Å².